The second kappa shape index (κ2) is 5.75. The zero-order chi connectivity index (χ0) is 13.1. The van der Waals surface area contributed by atoms with Gasteiger partial charge in [-0.3, -0.25) is 0 Å². The molecule has 0 aliphatic rings. The molecule has 0 saturated heterocycles. The SMILES string of the molecule is CC(Cl)CCN(C)S(=O)(=O)c1ncccc1F. The minimum atomic E-state index is -3.88. The first-order valence-electron chi connectivity index (χ1n) is 5.06. The Kier molecular flexibility index (Phi) is 4.85. The first kappa shape index (κ1) is 14.3. The van der Waals surface area contributed by atoms with E-state index in [0.717, 1.165) is 10.4 Å². The molecule has 0 N–H and O–H groups in total. The van der Waals surface area contributed by atoms with Crippen molar-refractivity contribution < 1.29 is 12.8 Å². The molecule has 0 fully saturated rings. The molecule has 1 unspecified atom stereocenters. The number of rotatable bonds is 5. The van der Waals surface area contributed by atoms with Gasteiger partial charge in [0.15, 0.2) is 5.82 Å². The fraction of sp³-hybridized carbons (Fsp3) is 0.500. The summed E-state index contributed by atoms with van der Waals surface area (Å²) in [7, 11) is -2.50. The summed E-state index contributed by atoms with van der Waals surface area (Å²) in [4.78, 5) is 3.56. The van der Waals surface area contributed by atoms with Crippen molar-refractivity contribution in [3.8, 4) is 0 Å². The van der Waals surface area contributed by atoms with Crippen LogP contribution in [0.1, 0.15) is 13.3 Å². The smallest absolute Gasteiger partial charge is 0.241 e. The zero-order valence-corrected chi connectivity index (χ0v) is 11.2. The van der Waals surface area contributed by atoms with Crippen LogP contribution in [0.2, 0.25) is 0 Å². The summed E-state index contributed by atoms with van der Waals surface area (Å²) in [5, 5.41) is -0.689. The Bertz CT molecular complexity index is 479. The van der Waals surface area contributed by atoms with Crippen molar-refractivity contribution in [3.05, 3.63) is 24.1 Å². The van der Waals surface area contributed by atoms with Gasteiger partial charge in [-0.1, -0.05) is 0 Å². The third-order valence-electron chi connectivity index (χ3n) is 2.22. The van der Waals surface area contributed by atoms with Gasteiger partial charge in [-0.05, 0) is 25.5 Å². The van der Waals surface area contributed by atoms with Gasteiger partial charge in [0.1, 0.15) is 0 Å². The Balaban J connectivity index is 2.92. The van der Waals surface area contributed by atoms with Gasteiger partial charge in [0.25, 0.3) is 10.0 Å². The zero-order valence-electron chi connectivity index (χ0n) is 9.60. The highest BCUT2D eigenvalue weighted by atomic mass is 35.5. The second-order valence-electron chi connectivity index (χ2n) is 3.69. The van der Waals surface area contributed by atoms with E-state index in [-0.39, 0.29) is 11.9 Å². The maximum absolute atomic E-state index is 13.4. The van der Waals surface area contributed by atoms with E-state index in [1.165, 1.54) is 19.3 Å². The molecule has 0 amide bonds. The fourth-order valence-electron chi connectivity index (χ4n) is 1.19. The summed E-state index contributed by atoms with van der Waals surface area (Å²) in [6.45, 7) is 1.99. The highest BCUT2D eigenvalue weighted by Gasteiger charge is 2.25. The largest absolute Gasteiger partial charge is 0.263 e. The van der Waals surface area contributed by atoms with Gasteiger partial charge in [0, 0.05) is 25.2 Å². The summed E-state index contributed by atoms with van der Waals surface area (Å²) < 4.78 is 38.3. The van der Waals surface area contributed by atoms with Gasteiger partial charge in [0.2, 0.25) is 5.03 Å². The number of nitrogens with zero attached hydrogens (tertiary/aromatic N) is 2. The lowest BCUT2D eigenvalue weighted by atomic mass is 10.3. The predicted octanol–water partition coefficient (Wildman–Crippen LogP) is 1.86. The number of sulfonamides is 1. The topological polar surface area (TPSA) is 50.3 Å². The van der Waals surface area contributed by atoms with Crippen LogP contribution < -0.4 is 0 Å². The standard InChI is InChI=1S/C10H14ClFN2O2S/c1-8(11)5-7-14(2)17(15,16)10-9(12)4-3-6-13-10/h3-4,6,8H,5,7H2,1-2H3. The Hall–Kier alpha value is -0.720. The van der Waals surface area contributed by atoms with Gasteiger partial charge < -0.3 is 0 Å². The van der Waals surface area contributed by atoms with Crippen molar-refractivity contribution >= 4 is 21.6 Å². The van der Waals surface area contributed by atoms with Gasteiger partial charge in [-0.25, -0.2) is 17.8 Å². The molecule has 0 bridgehead atoms. The van der Waals surface area contributed by atoms with Crippen LogP contribution >= 0.6 is 11.6 Å². The number of hydrogen-bond acceptors (Lipinski definition) is 3. The second-order valence-corrected chi connectivity index (χ2v) is 6.39. The van der Waals surface area contributed by atoms with Crippen LogP contribution in [-0.2, 0) is 10.0 Å². The lowest BCUT2D eigenvalue weighted by molar-refractivity contribution is 0.450. The number of aromatic nitrogens is 1. The normalized spacial score (nSPS) is 13.9. The first-order valence-corrected chi connectivity index (χ1v) is 6.94. The van der Waals surface area contributed by atoms with E-state index >= 15 is 0 Å². The van der Waals surface area contributed by atoms with E-state index in [2.05, 4.69) is 4.98 Å². The van der Waals surface area contributed by atoms with Gasteiger partial charge in [-0.15, -0.1) is 11.6 Å². The summed E-state index contributed by atoms with van der Waals surface area (Å²) in [5.74, 6) is -0.849. The Morgan fingerprint density at radius 1 is 1.59 bits per heavy atom. The molecule has 0 aliphatic heterocycles. The molecule has 17 heavy (non-hydrogen) atoms. The van der Waals surface area contributed by atoms with E-state index in [4.69, 9.17) is 11.6 Å². The van der Waals surface area contributed by atoms with E-state index in [0.29, 0.717) is 6.42 Å². The monoisotopic (exact) mass is 280 g/mol. The first-order chi connectivity index (χ1) is 7.85. The molecule has 0 spiro atoms. The quantitative estimate of drug-likeness (QED) is 0.774. The van der Waals surface area contributed by atoms with Crippen LogP contribution in [0.25, 0.3) is 0 Å². The molecule has 0 saturated carbocycles. The maximum atomic E-state index is 13.4. The van der Waals surface area contributed by atoms with Crippen LogP contribution in [0.5, 0.6) is 0 Å². The van der Waals surface area contributed by atoms with Crippen molar-refractivity contribution in [2.45, 2.75) is 23.7 Å². The molecule has 7 heteroatoms. The molecule has 96 valence electrons. The maximum Gasteiger partial charge on any atom is 0.263 e. The highest BCUT2D eigenvalue weighted by Crippen LogP contribution is 2.15. The predicted molar refractivity (Wildman–Crippen MR) is 63.9 cm³/mol. The van der Waals surface area contributed by atoms with Crippen molar-refractivity contribution in [1.82, 2.24) is 9.29 Å². The Morgan fingerprint density at radius 3 is 2.76 bits per heavy atom. The third kappa shape index (κ3) is 3.62. The Morgan fingerprint density at radius 2 is 2.24 bits per heavy atom. The molecule has 1 atom stereocenters. The lowest BCUT2D eigenvalue weighted by Gasteiger charge is -2.17. The fourth-order valence-corrected chi connectivity index (χ4v) is 2.44. The Labute approximate surface area is 105 Å². The van der Waals surface area contributed by atoms with Gasteiger partial charge >= 0.3 is 0 Å². The molecular formula is C10H14ClFN2O2S. The molecule has 1 aromatic heterocycles. The van der Waals surface area contributed by atoms with Crippen molar-refractivity contribution in [2.75, 3.05) is 13.6 Å². The summed E-state index contributed by atoms with van der Waals surface area (Å²) in [6.07, 6.45) is 1.74. The van der Waals surface area contributed by atoms with Crippen LogP contribution in [0, 0.1) is 5.82 Å². The molecule has 1 heterocycles. The van der Waals surface area contributed by atoms with Crippen LogP contribution in [0.3, 0.4) is 0 Å². The highest BCUT2D eigenvalue weighted by molar-refractivity contribution is 7.89. The average molecular weight is 281 g/mol. The van der Waals surface area contributed by atoms with E-state index in [1.54, 1.807) is 6.92 Å². The number of alkyl halides is 1. The minimum Gasteiger partial charge on any atom is -0.241 e. The summed E-state index contributed by atoms with van der Waals surface area (Å²) >= 11 is 5.74. The molecule has 1 aromatic rings. The van der Waals surface area contributed by atoms with E-state index < -0.39 is 20.9 Å². The molecule has 1 rings (SSSR count). The van der Waals surface area contributed by atoms with E-state index in [1.807, 2.05) is 0 Å². The average Bonchev–Trinajstić information content (AvgIpc) is 2.26. The minimum absolute atomic E-state index is 0.138. The van der Waals surface area contributed by atoms with Crippen molar-refractivity contribution in [3.63, 3.8) is 0 Å². The number of hydrogen-bond donors (Lipinski definition) is 0. The molecule has 0 aromatic carbocycles. The van der Waals surface area contributed by atoms with Crippen molar-refractivity contribution in [1.29, 1.82) is 0 Å². The molecule has 4 nitrogen and oxygen atoms in total. The van der Waals surface area contributed by atoms with E-state index in [9.17, 15) is 12.8 Å². The third-order valence-corrected chi connectivity index (χ3v) is 4.23. The molecular weight excluding hydrogens is 267 g/mol. The number of pyridine rings is 1. The van der Waals surface area contributed by atoms with Gasteiger partial charge in [0.05, 0.1) is 0 Å². The lowest BCUT2D eigenvalue weighted by Crippen LogP contribution is -2.30. The summed E-state index contributed by atoms with van der Waals surface area (Å²) in [6, 6.07) is 2.41. The van der Waals surface area contributed by atoms with Crippen molar-refractivity contribution in [2.24, 2.45) is 0 Å². The molecule has 0 aliphatic carbocycles. The van der Waals surface area contributed by atoms with Crippen LogP contribution in [0.4, 0.5) is 4.39 Å². The summed E-state index contributed by atoms with van der Waals surface area (Å²) in [5.41, 5.74) is 0. The van der Waals surface area contributed by atoms with Crippen LogP contribution in [-0.4, -0.2) is 36.7 Å². The van der Waals surface area contributed by atoms with Gasteiger partial charge in [-0.2, -0.15) is 4.31 Å². The molecule has 0 radical (unpaired) electrons. The van der Waals surface area contributed by atoms with Crippen LogP contribution in [0.15, 0.2) is 23.4 Å². The number of halogens is 2.